The van der Waals surface area contributed by atoms with Gasteiger partial charge in [-0.15, -0.1) is 0 Å². The third-order valence-electron chi connectivity index (χ3n) is 1.52. The van der Waals surface area contributed by atoms with Gasteiger partial charge in [0.25, 0.3) is 0 Å². The smallest absolute Gasteiger partial charge is 0.154 e. The lowest BCUT2D eigenvalue weighted by Gasteiger charge is -2.16. The highest BCUT2D eigenvalue weighted by molar-refractivity contribution is 4.56. The summed E-state index contributed by atoms with van der Waals surface area (Å²) in [6.07, 6.45) is -1.16. The van der Waals surface area contributed by atoms with Crippen molar-refractivity contribution < 1.29 is 10.2 Å². The zero-order valence-corrected chi connectivity index (χ0v) is 5.63. The summed E-state index contributed by atoms with van der Waals surface area (Å²) in [7, 11) is 0. The second kappa shape index (κ2) is 3.05. The van der Waals surface area contributed by atoms with Crippen molar-refractivity contribution >= 4 is 0 Å². The molecule has 0 bridgehead atoms. The highest BCUT2D eigenvalue weighted by atomic mass is 16.5. The van der Waals surface area contributed by atoms with E-state index in [-0.39, 0.29) is 5.92 Å². The molecule has 0 fully saturated rings. The monoisotopic (exact) mass is 118 g/mol. The standard InChI is InChI=1S/C6H14O2/c1-4(2)5(3)6(7)8/h4-8H,1-3H3. The Bertz CT molecular complexity index is 51.5. The van der Waals surface area contributed by atoms with E-state index < -0.39 is 6.29 Å². The molecule has 0 aliphatic rings. The van der Waals surface area contributed by atoms with Crippen LogP contribution in [0.2, 0.25) is 0 Å². The number of hydrogen-bond acceptors (Lipinski definition) is 2. The van der Waals surface area contributed by atoms with Gasteiger partial charge in [-0.2, -0.15) is 0 Å². The largest absolute Gasteiger partial charge is 0.368 e. The van der Waals surface area contributed by atoms with Crippen LogP contribution < -0.4 is 0 Å². The molecule has 0 saturated carbocycles. The van der Waals surface area contributed by atoms with Crippen LogP contribution in [0.15, 0.2) is 0 Å². The Morgan fingerprint density at radius 2 is 1.38 bits per heavy atom. The predicted molar refractivity (Wildman–Crippen MR) is 32.2 cm³/mol. The van der Waals surface area contributed by atoms with Gasteiger partial charge in [-0.25, -0.2) is 0 Å². The Labute approximate surface area is 50.2 Å². The molecule has 0 aromatic carbocycles. The summed E-state index contributed by atoms with van der Waals surface area (Å²) < 4.78 is 0. The molecule has 2 nitrogen and oxygen atoms in total. The van der Waals surface area contributed by atoms with Gasteiger partial charge < -0.3 is 10.2 Å². The lowest BCUT2D eigenvalue weighted by molar-refractivity contribution is -0.0903. The summed E-state index contributed by atoms with van der Waals surface area (Å²) >= 11 is 0. The van der Waals surface area contributed by atoms with Gasteiger partial charge in [0.05, 0.1) is 0 Å². The zero-order chi connectivity index (χ0) is 6.73. The molecule has 0 aliphatic heterocycles. The SMILES string of the molecule is CC(C)C(C)C(O)O. The normalized spacial score (nSPS) is 15.4. The van der Waals surface area contributed by atoms with E-state index in [9.17, 15) is 0 Å². The number of rotatable bonds is 2. The minimum Gasteiger partial charge on any atom is -0.368 e. The highest BCUT2D eigenvalue weighted by Gasteiger charge is 2.13. The number of hydrogen-bond donors (Lipinski definition) is 2. The van der Waals surface area contributed by atoms with Crippen molar-refractivity contribution in [2.75, 3.05) is 0 Å². The molecule has 2 heteroatoms. The molecule has 50 valence electrons. The second-order valence-electron chi connectivity index (χ2n) is 2.52. The second-order valence-corrected chi connectivity index (χ2v) is 2.52. The summed E-state index contributed by atoms with van der Waals surface area (Å²) in [5, 5.41) is 17.1. The zero-order valence-electron chi connectivity index (χ0n) is 5.63. The molecule has 2 N–H and O–H groups in total. The van der Waals surface area contributed by atoms with Gasteiger partial charge in [0, 0.05) is 5.92 Å². The molecule has 0 saturated heterocycles. The molecule has 0 spiro atoms. The molecular formula is C6H14O2. The maximum atomic E-state index is 8.55. The van der Waals surface area contributed by atoms with Crippen molar-refractivity contribution in [3.8, 4) is 0 Å². The average Bonchev–Trinajstić information content (AvgIpc) is 1.64. The van der Waals surface area contributed by atoms with Gasteiger partial charge in [-0.05, 0) is 5.92 Å². The van der Waals surface area contributed by atoms with E-state index in [0.717, 1.165) is 0 Å². The minimum absolute atomic E-state index is 0.0185. The van der Waals surface area contributed by atoms with Crippen molar-refractivity contribution in [1.29, 1.82) is 0 Å². The topological polar surface area (TPSA) is 40.5 Å². The quantitative estimate of drug-likeness (QED) is 0.521. The summed E-state index contributed by atoms with van der Waals surface area (Å²) in [4.78, 5) is 0. The third-order valence-corrected chi connectivity index (χ3v) is 1.52. The van der Waals surface area contributed by atoms with Gasteiger partial charge in [0.2, 0.25) is 0 Å². The summed E-state index contributed by atoms with van der Waals surface area (Å²) in [6.45, 7) is 5.74. The van der Waals surface area contributed by atoms with E-state index in [4.69, 9.17) is 10.2 Å². The first kappa shape index (κ1) is 7.92. The van der Waals surface area contributed by atoms with Crippen LogP contribution >= 0.6 is 0 Å². The van der Waals surface area contributed by atoms with Crippen LogP contribution in [0.5, 0.6) is 0 Å². The maximum Gasteiger partial charge on any atom is 0.154 e. The van der Waals surface area contributed by atoms with Crippen LogP contribution in [0.1, 0.15) is 20.8 Å². The third kappa shape index (κ3) is 2.28. The molecule has 0 rings (SSSR count). The average molecular weight is 118 g/mol. The maximum absolute atomic E-state index is 8.55. The Balaban J connectivity index is 3.46. The number of aliphatic hydroxyl groups excluding tert-OH is 1. The Morgan fingerprint density at radius 1 is 1.00 bits per heavy atom. The van der Waals surface area contributed by atoms with Gasteiger partial charge in [-0.1, -0.05) is 20.8 Å². The summed E-state index contributed by atoms with van der Waals surface area (Å²) in [6, 6.07) is 0. The van der Waals surface area contributed by atoms with Crippen LogP contribution in [-0.2, 0) is 0 Å². The minimum atomic E-state index is -1.16. The van der Waals surface area contributed by atoms with Gasteiger partial charge in [-0.3, -0.25) is 0 Å². The van der Waals surface area contributed by atoms with Crippen molar-refractivity contribution in [3.63, 3.8) is 0 Å². The van der Waals surface area contributed by atoms with Crippen LogP contribution in [0.3, 0.4) is 0 Å². The van der Waals surface area contributed by atoms with Crippen LogP contribution in [0.4, 0.5) is 0 Å². The van der Waals surface area contributed by atoms with Crippen molar-refractivity contribution in [3.05, 3.63) is 0 Å². The fourth-order valence-corrected chi connectivity index (χ4v) is 0.344. The van der Waals surface area contributed by atoms with E-state index in [2.05, 4.69) is 0 Å². The molecule has 0 aromatic heterocycles. The van der Waals surface area contributed by atoms with Crippen LogP contribution in [-0.4, -0.2) is 16.5 Å². The molecule has 0 heterocycles. The fourth-order valence-electron chi connectivity index (χ4n) is 0.344. The van der Waals surface area contributed by atoms with E-state index in [1.165, 1.54) is 0 Å². The molecular weight excluding hydrogens is 104 g/mol. The van der Waals surface area contributed by atoms with Gasteiger partial charge in [0.1, 0.15) is 0 Å². The van der Waals surface area contributed by atoms with E-state index in [0.29, 0.717) is 5.92 Å². The lowest BCUT2D eigenvalue weighted by atomic mass is 9.98. The first-order chi connectivity index (χ1) is 3.55. The van der Waals surface area contributed by atoms with Crippen molar-refractivity contribution in [2.45, 2.75) is 27.1 Å². The first-order valence-electron chi connectivity index (χ1n) is 2.92. The summed E-state index contributed by atoms with van der Waals surface area (Å²) in [5.74, 6) is 0.324. The highest BCUT2D eigenvalue weighted by Crippen LogP contribution is 2.11. The Morgan fingerprint density at radius 3 is 1.38 bits per heavy atom. The summed E-state index contributed by atoms with van der Waals surface area (Å²) in [5.41, 5.74) is 0. The first-order valence-corrected chi connectivity index (χ1v) is 2.92. The van der Waals surface area contributed by atoms with Gasteiger partial charge >= 0.3 is 0 Å². The molecule has 0 aliphatic carbocycles. The lowest BCUT2D eigenvalue weighted by Crippen LogP contribution is -2.21. The van der Waals surface area contributed by atoms with E-state index in [1.807, 2.05) is 20.8 Å². The molecule has 8 heavy (non-hydrogen) atoms. The molecule has 1 unspecified atom stereocenters. The van der Waals surface area contributed by atoms with Gasteiger partial charge in [0.15, 0.2) is 6.29 Å². The molecule has 0 aromatic rings. The van der Waals surface area contributed by atoms with Crippen molar-refractivity contribution in [2.24, 2.45) is 11.8 Å². The van der Waals surface area contributed by atoms with Crippen LogP contribution in [0, 0.1) is 11.8 Å². The Kier molecular flexibility index (Phi) is 3.02. The van der Waals surface area contributed by atoms with Crippen molar-refractivity contribution in [1.82, 2.24) is 0 Å². The van der Waals surface area contributed by atoms with E-state index >= 15 is 0 Å². The Hall–Kier alpha value is -0.0800. The molecule has 1 atom stereocenters. The number of aliphatic hydroxyl groups is 2. The molecule has 0 radical (unpaired) electrons. The molecule has 0 amide bonds. The van der Waals surface area contributed by atoms with E-state index in [1.54, 1.807) is 0 Å². The van der Waals surface area contributed by atoms with Crippen LogP contribution in [0.25, 0.3) is 0 Å². The predicted octanol–water partition coefficient (Wildman–Crippen LogP) is 0.589. The fraction of sp³-hybridized carbons (Fsp3) is 1.00.